The van der Waals surface area contributed by atoms with Crippen molar-refractivity contribution in [3.05, 3.63) is 5.21 Å². The highest BCUT2D eigenvalue weighted by Gasteiger charge is 2.27. The van der Waals surface area contributed by atoms with Crippen LogP contribution in [-0.2, 0) is 4.74 Å². The molecule has 3 nitrogen and oxygen atoms in total. The molecule has 3 heteroatoms. The monoisotopic (exact) mass is 130 g/mol. The average molecular weight is 130 g/mol. The van der Waals surface area contributed by atoms with Crippen molar-refractivity contribution in [1.82, 2.24) is 5.06 Å². The molecule has 1 aliphatic rings. The summed E-state index contributed by atoms with van der Waals surface area (Å²) in [5.74, 6) is 0.419. The van der Waals surface area contributed by atoms with Crippen LogP contribution in [0.4, 0.5) is 0 Å². The van der Waals surface area contributed by atoms with Crippen molar-refractivity contribution in [1.29, 1.82) is 0 Å². The molecular formula is C6H12NO2-. The Bertz CT molecular complexity index is 97.1. The van der Waals surface area contributed by atoms with E-state index in [0.29, 0.717) is 12.5 Å². The first kappa shape index (κ1) is 6.99. The van der Waals surface area contributed by atoms with Crippen molar-refractivity contribution in [3.8, 4) is 0 Å². The maximum atomic E-state index is 10.8. The molecule has 0 bridgehead atoms. The van der Waals surface area contributed by atoms with Crippen molar-refractivity contribution in [2.24, 2.45) is 5.92 Å². The van der Waals surface area contributed by atoms with Crippen molar-refractivity contribution in [2.75, 3.05) is 13.2 Å². The van der Waals surface area contributed by atoms with E-state index in [2.05, 4.69) is 0 Å². The van der Waals surface area contributed by atoms with Gasteiger partial charge in [-0.05, 0) is 6.54 Å². The van der Waals surface area contributed by atoms with Gasteiger partial charge in [0.1, 0.15) is 6.23 Å². The number of rotatable bonds is 2. The average Bonchev–Trinajstić information content (AvgIpc) is 1.84. The molecule has 54 valence electrons. The topological polar surface area (TPSA) is 35.5 Å². The highest BCUT2D eigenvalue weighted by atomic mass is 16.6. The Labute approximate surface area is 55.2 Å². The molecule has 0 aliphatic carbocycles. The highest BCUT2D eigenvalue weighted by Crippen LogP contribution is 2.21. The zero-order chi connectivity index (χ0) is 6.85. The molecule has 1 heterocycles. The Morgan fingerprint density at radius 3 is 2.56 bits per heavy atom. The lowest BCUT2D eigenvalue weighted by molar-refractivity contribution is -0.173. The van der Waals surface area contributed by atoms with Gasteiger partial charge in [-0.3, -0.25) is 0 Å². The van der Waals surface area contributed by atoms with Crippen LogP contribution in [0.15, 0.2) is 0 Å². The number of ether oxygens (including phenoxy) is 1. The summed E-state index contributed by atoms with van der Waals surface area (Å²) in [6, 6.07) is 0. The minimum absolute atomic E-state index is 0.157. The van der Waals surface area contributed by atoms with E-state index in [1.165, 1.54) is 0 Å². The largest absolute Gasteiger partial charge is 0.783 e. The van der Waals surface area contributed by atoms with Crippen LogP contribution >= 0.6 is 0 Å². The van der Waals surface area contributed by atoms with Gasteiger partial charge in [0, 0.05) is 5.92 Å². The lowest BCUT2D eigenvalue weighted by Crippen LogP contribution is -2.48. The minimum Gasteiger partial charge on any atom is -0.783 e. The summed E-state index contributed by atoms with van der Waals surface area (Å²) in [6.07, 6.45) is -0.157. The molecule has 1 fully saturated rings. The van der Waals surface area contributed by atoms with Gasteiger partial charge in [-0.2, -0.15) is 0 Å². The SMILES string of the molecule is CCN([O-])C1OCC1C. The normalized spacial score (nSPS) is 34.7. The predicted octanol–water partition coefficient (Wildman–Crippen LogP) is 0.798. The van der Waals surface area contributed by atoms with Gasteiger partial charge in [0.25, 0.3) is 0 Å². The maximum absolute atomic E-state index is 10.8. The molecule has 0 aromatic carbocycles. The zero-order valence-corrected chi connectivity index (χ0v) is 5.83. The third kappa shape index (κ3) is 1.23. The van der Waals surface area contributed by atoms with Crippen LogP contribution in [0.2, 0.25) is 0 Å². The lowest BCUT2D eigenvalue weighted by atomic mass is 10.1. The zero-order valence-electron chi connectivity index (χ0n) is 5.83. The summed E-state index contributed by atoms with van der Waals surface area (Å²) in [7, 11) is 0. The van der Waals surface area contributed by atoms with Crippen molar-refractivity contribution in [3.63, 3.8) is 0 Å². The molecule has 0 aromatic heterocycles. The fraction of sp³-hybridized carbons (Fsp3) is 1.00. The molecule has 0 amide bonds. The smallest absolute Gasteiger partial charge is 0.104 e. The van der Waals surface area contributed by atoms with Crippen molar-refractivity contribution in [2.45, 2.75) is 20.1 Å². The lowest BCUT2D eigenvalue weighted by Gasteiger charge is -2.45. The fourth-order valence-corrected chi connectivity index (χ4v) is 0.922. The van der Waals surface area contributed by atoms with E-state index in [4.69, 9.17) is 4.74 Å². The first-order valence-electron chi connectivity index (χ1n) is 3.31. The van der Waals surface area contributed by atoms with E-state index in [1.807, 2.05) is 13.8 Å². The first-order chi connectivity index (χ1) is 4.25. The van der Waals surface area contributed by atoms with Crippen LogP contribution < -0.4 is 0 Å². The fourth-order valence-electron chi connectivity index (χ4n) is 0.922. The third-order valence-electron chi connectivity index (χ3n) is 1.61. The summed E-state index contributed by atoms with van der Waals surface area (Å²) in [6.45, 7) is 5.12. The second kappa shape index (κ2) is 2.64. The molecule has 2 unspecified atom stereocenters. The van der Waals surface area contributed by atoms with Crippen molar-refractivity contribution >= 4 is 0 Å². The van der Waals surface area contributed by atoms with Gasteiger partial charge in [-0.1, -0.05) is 13.8 Å². The number of hydrogen-bond donors (Lipinski definition) is 0. The van der Waals surface area contributed by atoms with Crippen LogP contribution in [-0.4, -0.2) is 24.4 Å². The Hall–Kier alpha value is -0.120. The Balaban J connectivity index is 2.25. The Morgan fingerprint density at radius 1 is 1.78 bits per heavy atom. The maximum Gasteiger partial charge on any atom is 0.104 e. The van der Waals surface area contributed by atoms with Gasteiger partial charge < -0.3 is 15.0 Å². The molecule has 1 rings (SSSR count). The van der Waals surface area contributed by atoms with Gasteiger partial charge in [0.15, 0.2) is 0 Å². The van der Waals surface area contributed by atoms with E-state index in [0.717, 1.165) is 11.7 Å². The quantitative estimate of drug-likeness (QED) is 0.518. The molecule has 0 radical (unpaired) electrons. The first-order valence-corrected chi connectivity index (χ1v) is 3.31. The van der Waals surface area contributed by atoms with Crippen LogP contribution in [0.25, 0.3) is 0 Å². The van der Waals surface area contributed by atoms with E-state index in [1.54, 1.807) is 0 Å². The van der Waals surface area contributed by atoms with E-state index in [9.17, 15) is 5.21 Å². The van der Waals surface area contributed by atoms with Crippen LogP contribution in [0.5, 0.6) is 0 Å². The van der Waals surface area contributed by atoms with Gasteiger partial charge in [0.05, 0.1) is 6.61 Å². The Morgan fingerprint density at radius 2 is 2.44 bits per heavy atom. The summed E-state index contributed by atoms with van der Waals surface area (Å²) < 4.78 is 5.01. The summed E-state index contributed by atoms with van der Waals surface area (Å²) in [4.78, 5) is 0. The molecule has 1 aliphatic heterocycles. The third-order valence-corrected chi connectivity index (χ3v) is 1.61. The molecule has 0 aromatic rings. The standard InChI is InChI=1S/C6H12NO2/c1-3-7(8)6-5(2)4-9-6/h5-6H,3-4H2,1-2H3/q-1. The minimum atomic E-state index is -0.157. The predicted molar refractivity (Wildman–Crippen MR) is 34.7 cm³/mol. The molecule has 9 heavy (non-hydrogen) atoms. The van der Waals surface area contributed by atoms with Crippen LogP contribution in [0.1, 0.15) is 13.8 Å². The van der Waals surface area contributed by atoms with Gasteiger partial charge in [-0.25, -0.2) is 0 Å². The van der Waals surface area contributed by atoms with Gasteiger partial charge in [0.2, 0.25) is 0 Å². The molecule has 1 saturated heterocycles. The molecule has 2 atom stereocenters. The number of hydrogen-bond acceptors (Lipinski definition) is 3. The number of hydroxylamine groups is 2. The molecular weight excluding hydrogens is 118 g/mol. The second-order valence-electron chi connectivity index (χ2n) is 2.43. The summed E-state index contributed by atoms with van der Waals surface area (Å²) in [5.41, 5.74) is 0. The van der Waals surface area contributed by atoms with Crippen LogP contribution in [0, 0.1) is 11.1 Å². The second-order valence-corrected chi connectivity index (χ2v) is 2.43. The summed E-state index contributed by atoms with van der Waals surface area (Å²) in [5, 5.41) is 11.8. The summed E-state index contributed by atoms with van der Waals surface area (Å²) >= 11 is 0. The molecule has 0 saturated carbocycles. The van der Waals surface area contributed by atoms with E-state index < -0.39 is 0 Å². The van der Waals surface area contributed by atoms with E-state index in [-0.39, 0.29) is 6.23 Å². The number of nitrogens with zero attached hydrogens (tertiary/aromatic N) is 1. The van der Waals surface area contributed by atoms with Crippen molar-refractivity contribution < 1.29 is 4.74 Å². The molecule has 0 spiro atoms. The van der Waals surface area contributed by atoms with E-state index >= 15 is 0 Å². The Kier molecular flexibility index (Phi) is 2.05. The highest BCUT2D eigenvalue weighted by molar-refractivity contribution is 4.75. The van der Waals surface area contributed by atoms with Crippen LogP contribution in [0.3, 0.4) is 0 Å². The van der Waals surface area contributed by atoms with Gasteiger partial charge >= 0.3 is 0 Å². The van der Waals surface area contributed by atoms with Gasteiger partial charge in [-0.15, -0.1) is 0 Å². The molecule has 0 N–H and O–H groups in total.